The van der Waals surface area contributed by atoms with Crippen LogP contribution in [0.5, 0.6) is 0 Å². The molecule has 0 saturated heterocycles. The van der Waals surface area contributed by atoms with E-state index in [-0.39, 0.29) is 18.1 Å². The number of amides is 1. The zero-order chi connectivity index (χ0) is 18.4. The maximum atomic E-state index is 12.2. The predicted octanol–water partition coefficient (Wildman–Crippen LogP) is 3.48. The molecule has 0 bridgehead atoms. The number of hydrogen-bond acceptors (Lipinski definition) is 5. The minimum atomic E-state index is -0.865. The number of aromatic nitrogens is 1. The van der Waals surface area contributed by atoms with Crippen molar-refractivity contribution >= 4 is 23.6 Å². The van der Waals surface area contributed by atoms with Crippen molar-refractivity contribution in [1.29, 1.82) is 0 Å². The lowest BCUT2D eigenvalue weighted by Crippen LogP contribution is -2.48. The molecule has 0 radical (unpaired) electrons. The third-order valence-electron chi connectivity index (χ3n) is 4.51. The molecule has 26 heavy (non-hydrogen) atoms. The van der Waals surface area contributed by atoms with Crippen LogP contribution < -0.4 is 5.32 Å². The molecule has 1 fully saturated rings. The molecule has 1 aliphatic carbocycles. The van der Waals surface area contributed by atoms with Gasteiger partial charge in [0.2, 0.25) is 11.8 Å². The summed E-state index contributed by atoms with van der Waals surface area (Å²) in [5.74, 6) is 0.419. The standard InChI is InChI=1S/C19H22N2O4S/c22-16(21-19(10-17(23)24)8-4-5-9-19)13-26-12-15-11-25-18(20-15)14-6-2-1-3-7-14/h1-3,6-7,11H,4-5,8-10,12-13H2,(H,21,22)(H,23,24). The minimum Gasteiger partial charge on any atom is -0.481 e. The molecule has 1 aromatic heterocycles. The van der Waals surface area contributed by atoms with Crippen molar-refractivity contribution in [2.24, 2.45) is 0 Å². The van der Waals surface area contributed by atoms with E-state index in [0.29, 0.717) is 11.6 Å². The molecule has 0 unspecified atom stereocenters. The second-order valence-electron chi connectivity index (χ2n) is 6.61. The first kappa shape index (κ1) is 18.5. The quantitative estimate of drug-likeness (QED) is 0.735. The molecule has 0 atom stereocenters. The molecule has 2 N–H and O–H groups in total. The highest BCUT2D eigenvalue weighted by Gasteiger charge is 2.37. The number of aliphatic carboxylic acids is 1. The number of rotatable bonds is 8. The van der Waals surface area contributed by atoms with Crippen molar-refractivity contribution in [2.45, 2.75) is 43.4 Å². The minimum absolute atomic E-state index is 0.00682. The van der Waals surface area contributed by atoms with Crippen molar-refractivity contribution < 1.29 is 19.1 Å². The summed E-state index contributed by atoms with van der Waals surface area (Å²) in [6.07, 6.45) is 4.99. The summed E-state index contributed by atoms with van der Waals surface area (Å²) in [6.45, 7) is 0. The molecule has 6 nitrogen and oxygen atoms in total. The number of carboxylic acid groups (broad SMARTS) is 1. The SMILES string of the molecule is O=C(O)CC1(NC(=O)CSCc2coc(-c3ccccc3)n2)CCCC1. The Bertz CT molecular complexity index is 754. The summed E-state index contributed by atoms with van der Waals surface area (Å²) in [4.78, 5) is 27.8. The van der Waals surface area contributed by atoms with Gasteiger partial charge in [-0.1, -0.05) is 31.0 Å². The van der Waals surface area contributed by atoms with Gasteiger partial charge in [-0.3, -0.25) is 9.59 Å². The first-order valence-electron chi connectivity index (χ1n) is 8.67. The van der Waals surface area contributed by atoms with E-state index in [1.54, 1.807) is 6.26 Å². The fourth-order valence-electron chi connectivity index (χ4n) is 3.35. The lowest BCUT2D eigenvalue weighted by Gasteiger charge is -2.28. The molecule has 1 heterocycles. The van der Waals surface area contributed by atoms with Gasteiger partial charge in [-0.15, -0.1) is 11.8 Å². The van der Waals surface area contributed by atoms with E-state index in [9.17, 15) is 9.59 Å². The molecule has 1 aromatic carbocycles. The van der Waals surface area contributed by atoms with Gasteiger partial charge in [0.1, 0.15) is 6.26 Å². The first-order valence-corrected chi connectivity index (χ1v) is 9.82. The number of carboxylic acids is 1. The first-order chi connectivity index (χ1) is 12.6. The van der Waals surface area contributed by atoms with Gasteiger partial charge in [-0.2, -0.15) is 0 Å². The summed E-state index contributed by atoms with van der Waals surface area (Å²) in [5, 5.41) is 12.1. The van der Waals surface area contributed by atoms with Crippen LogP contribution in [0.15, 0.2) is 41.0 Å². The van der Waals surface area contributed by atoms with E-state index in [1.807, 2.05) is 30.3 Å². The van der Waals surface area contributed by atoms with Crippen molar-refractivity contribution in [3.63, 3.8) is 0 Å². The third-order valence-corrected chi connectivity index (χ3v) is 5.48. The predicted molar refractivity (Wildman–Crippen MR) is 99.7 cm³/mol. The van der Waals surface area contributed by atoms with E-state index in [2.05, 4.69) is 10.3 Å². The Kier molecular flexibility index (Phi) is 5.98. The van der Waals surface area contributed by atoms with Crippen molar-refractivity contribution in [3.8, 4) is 11.5 Å². The molecular formula is C19H22N2O4S. The van der Waals surface area contributed by atoms with Crippen LogP contribution in [0.1, 0.15) is 37.8 Å². The highest BCUT2D eigenvalue weighted by Crippen LogP contribution is 2.32. The highest BCUT2D eigenvalue weighted by atomic mass is 32.2. The zero-order valence-electron chi connectivity index (χ0n) is 14.4. The Morgan fingerprint density at radius 1 is 1.23 bits per heavy atom. The van der Waals surface area contributed by atoms with Crippen LogP contribution in [0.25, 0.3) is 11.5 Å². The largest absolute Gasteiger partial charge is 0.481 e. The summed E-state index contributed by atoms with van der Waals surface area (Å²) >= 11 is 1.44. The normalized spacial score (nSPS) is 15.7. The topological polar surface area (TPSA) is 92.4 Å². The lowest BCUT2D eigenvalue weighted by molar-refractivity contribution is -0.139. The van der Waals surface area contributed by atoms with Gasteiger partial charge >= 0.3 is 5.97 Å². The van der Waals surface area contributed by atoms with Gasteiger partial charge in [-0.05, 0) is 25.0 Å². The maximum Gasteiger partial charge on any atom is 0.305 e. The van der Waals surface area contributed by atoms with Crippen molar-refractivity contribution in [3.05, 3.63) is 42.3 Å². The van der Waals surface area contributed by atoms with E-state index in [4.69, 9.17) is 9.52 Å². The highest BCUT2D eigenvalue weighted by molar-refractivity contribution is 7.99. The smallest absolute Gasteiger partial charge is 0.305 e. The Labute approximate surface area is 156 Å². The molecule has 138 valence electrons. The Morgan fingerprint density at radius 3 is 2.65 bits per heavy atom. The van der Waals surface area contributed by atoms with Crippen molar-refractivity contribution in [2.75, 3.05) is 5.75 Å². The Hall–Kier alpha value is -2.28. The van der Waals surface area contributed by atoms with Crippen LogP contribution in [-0.2, 0) is 15.3 Å². The Morgan fingerprint density at radius 2 is 1.96 bits per heavy atom. The molecule has 3 rings (SSSR count). The molecule has 7 heteroatoms. The zero-order valence-corrected chi connectivity index (χ0v) is 15.3. The number of carbonyl (C=O) groups excluding carboxylic acids is 1. The number of carbonyl (C=O) groups is 2. The molecule has 0 aliphatic heterocycles. The molecule has 1 aliphatic rings. The molecule has 2 aromatic rings. The van der Waals surface area contributed by atoms with E-state index in [1.165, 1.54) is 11.8 Å². The number of nitrogens with one attached hydrogen (secondary N) is 1. The second-order valence-corrected chi connectivity index (χ2v) is 7.59. The van der Waals surface area contributed by atoms with Gasteiger partial charge in [0, 0.05) is 11.3 Å². The van der Waals surface area contributed by atoms with Crippen molar-refractivity contribution in [1.82, 2.24) is 10.3 Å². The Balaban J connectivity index is 1.48. The summed E-state index contributed by atoms with van der Waals surface area (Å²) < 4.78 is 5.49. The van der Waals surface area contributed by atoms with Crippen LogP contribution in [0.2, 0.25) is 0 Å². The molecule has 1 saturated carbocycles. The summed E-state index contributed by atoms with van der Waals surface area (Å²) in [6, 6.07) is 9.64. The van der Waals surface area contributed by atoms with Crippen LogP contribution in [-0.4, -0.2) is 33.3 Å². The maximum absolute atomic E-state index is 12.2. The van der Waals surface area contributed by atoms with Gasteiger partial charge in [0.25, 0.3) is 0 Å². The van der Waals surface area contributed by atoms with Gasteiger partial charge in [-0.25, -0.2) is 4.98 Å². The summed E-state index contributed by atoms with van der Waals surface area (Å²) in [7, 11) is 0. The monoisotopic (exact) mass is 374 g/mol. The van der Waals surface area contributed by atoms with Gasteiger partial charge in [0.05, 0.1) is 23.4 Å². The lowest BCUT2D eigenvalue weighted by atomic mass is 9.93. The van der Waals surface area contributed by atoms with Crippen LogP contribution in [0.4, 0.5) is 0 Å². The number of thioether (sulfide) groups is 1. The molecular weight excluding hydrogens is 352 g/mol. The number of hydrogen-bond donors (Lipinski definition) is 2. The number of oxazole rings is 1. The second kappa shape index (κ2) is 8.40. The van der Waals surface area contributed by atoms with E-state index >= 15 is 0 Å². The third kappa shape index (κ3) is 4.88. The van der Waals surface area contributed by atoms with Crippen LogP contribution in [0.3, 0.4) is 0 Å². The van der Waals surface area contributed by atoms with E-state index in [0.717, 1.165) is 36.9 Å². The van der Waals surface area contributed by atoms with Crippen LogP contribution >= 0.6 is 11.8 Å². The van der Waals surface area contributed by atoms with Gasteiger partial charge < -0.3 is 14.8 Å². The van der Waals surface area contributed by atoms with Crippen LogP contribution in [0, 0.1) is 0 Å². The fourth-order valence-corrected chi connectivity index (χ4v) is 4.06. The molecule has 1 amide bonds. The molecule has 0 spiro atoms. The average Bonchev–Trinajstić information content (AvgIpc) is 3.25. The fraction of sp³-hybridized carbons (Fsp3) is 0.421. The summed E-state index contributed by atoms with van der Waals surface area (Å²) in [5.41, 5.74) is 1.12. The van der Waals surface area contributed by atoms with E-state index < -0.39 is 11.5 Å². The number of nitrogens with zero attached hydrogens (tertiary/aromatic N) is 1. The van der Waals surface area contributed by atoms with Gasteiger partial charge in [0.15, 0.2) is 0 Å². The average molecular weight is 374 g/mol. The number of benzene rings is 1.